The smallest absolute Gasteiger partial charge is 0.406 e. The van der Waals surface area contributed by atoms with Crippen molar-refractivity contribution in [1.29, 1.82) is 0 Å². The van der Waals surface area contributed by atoms with Crippen LogP contribution in [0.2, 0.25) is 0 Å². The fraction of sp³-hybridized carbons (Fsp3) is 0.143. The second kappa shape index (κ2) is 4.76. The first-order valence-corrected chi connectivity index (χ1v) is 6.09. The number of alkyl halides is 3. The van der Waals surface area contributed by atoms with Gasteiger partial charge in [-0.25, -0.2) is 0 Å². The van der Waals surface area contributed by atoms with Crippen molar-refractivity contribution in [1.82, 2.24) is 15.2 Å². The Morgan fingerprint density at radius 1 is 1.14 bits per heavy atom. The monoisotopic (exact) mass is 293 g/mol. The summed E-state index contributed by atoms with van der Waals surface area (Å²) in [6, 6.07) is 7.41. The highest BCUT2D eigenvalue weighted by atomic mass is 19.4. The molecule has 3 rings (SSSR count). The van der Waals surface area contributed by atoms with Gasteiger partial charge in [-0.1, -0.05) is 0 Å². The predicted octanol–water partition coefficient (Wildman–Crippen LogP) is 3.83. The Hall–Kier alpha value is -2.57. The van der Waals surface area contributed by atoms with Crippen molar-refractivity contribution >= 4 is 10.9 Å². The number of nitrogens with zero attached hydrogens (tertiary/aromatic N) is 2. The van der Waals surface area contributed by atoms with Gasteiger partial charge in [0.25, 0.3) is 0 Å². The lowest BCUT2D eigenvalue weighted by Gasteiger charge is -2.08. The van der Waals surface area contributed by atoms with E-state index in [1.807, 2.05) is 13.0 Å². The van der Waals surface area contributed by atoms with Crippen LogP contribution in [-0.2, 0) is 0 Å². The first-order valence-electron chi connectivity index (χ1n) is 6.09. The number of rotatable bonds is 2. The van der Waals surface area contributed by atoms with E-state index in [1.54, 1.807) is 6.20 Å². The van der Waals surface area contributed by atoms with Gasteiger partial charge in [-0.05, 0) is 37.3 Å². The molecule has 0 spiro atoms. The summed E-state index contributed by atoms with van der Waals surface area (Å²) in [5.41, 5.74) is 3.00. The number of H-pyrrole nitrogens is 1. The molecule has 0 aliphatic rings. The number of aromatic amines is 1. The predicted molar refractivity (Wildman–Crippen MR) is 70.7 cm³/mol. The van der Waals surface area contributed by atoms with Gasteiger partial charge in [0.2, 0.25) is 0 Å². The highest BCUT2D eigenvalue weighted by molar-refractivity contribution is 5.92. The summed E-state index contributed by atoms with van der Waals surface area (Å²) in [6.45, 7) is 1.86. The number of pyridine rings is 1. The highest BCUT2D eigenvalue weighted by Crippen LogP contribution is 2.29. The number of benzene rings is 1. The molecule has 108 valence electrons. The van der Waals surface area contributed by atoms with Gasteiger partial charge in [0.15, 0.2) is 0 Å². The van der Waals surface area contributed by atoms with E-state index in [9.17, 15) is 13.2 Å². The molecule has 0 atom stereocenters. The fourth-order valence-corrected chi connectivity index (χ4v) is 2.05. The van der Waals surface area contributed by atoms with Crippen LogP contribution >= 0.6 is 0 Å². The number of hydrogen-bond donors (Lipinski definition) is 1. The standard InChI is InChI=1S/C14H10F3N3O/c1-8-6-12-11(7-18-8)13(20-19-12)9-2-4-10(5-3-9)21-14(15,16)17/h2-7H,1H3,(H,19,20). The minimum Gasteiger partial charge on any atom is -0.406 e. The van der Waals surface area contributed by atoms with E-state index < -0.39 is 6.36 Å². The van der Waals surface area contributed by atoms with E-state index in [0.717, 1.165) is 16.6 Å². The van der Waals surface area contributed by atoms with Crippen molar-refractivity contribution in [3.63, 3.8) is 0 Å². The fourth-order valence-electron chi connectivity index (χ4n) is 2.05. The topological polar surface area (TPSA) is 50.8 Å². The normalized spacial score (nSPS) is 11.8. The average molecular weight is 293 g/mol. The third-order valence-electron chi connectivity index (χ3n) is 2.95. The molecule has 0 radical (unpaired) electrons. The molecule has 0 unspecified atom stereocenters. The first kappa shape index (κ1) is 13.4. The maximum Gasteiger partial charge on any atom is 0.573 e. The summed E-state index contributed by atoms with van der Waals surface area (Å²) in [5.74, 6) is -0.264. The van der Waals surface area contributed by atoms with Crippen LogP contribution < -0.4 is 4.74 Å². The minimum atomic E-state index is -4.69. The van der Waals surface area contributed by atoms with E-state index in [0.29, 0.717) is 11.3 Å². The summed E-state index contributed by atoms with van der Waals surface area (Å²) in [6.07, 6.45) is -3.01. The highest BCUT2D eigenvalue weighted by Gasteiger charge is 2.31. The quantitative estimate of drug-likeness (QED) is 0.781. The molecule has 1 aromatic carbocycles. The Bertz CT molecular complexity index is 778. The molecule has 2 heterocycles. The SMILES string of the molecule is Cc1cc2[nH]nc(-c3ccc(OC(F)(F)F)cc3)c2cn1. The molecule has 0 saturated carbocycles. The Kier molecular flexibility index (Phi) is 3.04. The molecule has 3 aromatic rings. The Labute approximate surface area is 117 Å². The zero-order chi connectivity index (χ0) is 15.0. The van der Waals surface area contributed by atoms with E-state index in [4.69, 9.17) is 0 Å². The summed E-state index contributed by atoms with van der Waals surface area (Å²) in [4.78, 5) is 4.20. The summed E-state index contributed by atoms with van der Waals surface area (Å²) in [7, 11) is 0. The number of halogens is 3. The Balaban J connectivity index is 1.96. The van der Waals surface area contributed by atoms with Crippen LogP contribution in [0.5, 0.6) is 5.75 Å². The molecule has 2 aromatic heterocycles. The molecule has 0 aliphatic carbocycles. The third-order valence-corrected chi connectivity index (χ3v) is 2.95. The van der Waals surface area contributed by atoms with Crippen LogP contribution in [0.15, 0.2) is 36.5 Å². The lowest BCUT2D eigenvalue weighted by Crippen LogP contribution is -2.16. The van der Waals surface area contributed by atoms with Crippen molar-refractivity contribution < 1.29 is 17.9 Å². The van der Waals surface area contributed by atoms with Gasteiger partial charge >= 0.3 is 6.36 Å². The molecule has 0 fully saturated rings. The van der Waals surface area contributed by atoms with Gasteiger partial charge in [0, 0.05) is 22.8 Å². The van der Waals surface area contributed by atoms with Gasteiger partial charge in [0.05, 0.1) is 5.52 Å². The molecule has 21 heavy (non-hydrogen) atoms. The summed E-state index contributed by atoms with van der Waals surface area (Å²) in [5, 5.41) is 7.87. The zero-order valence-electron chi connectivity index (χ0n) is 10.9. The van der Waals surface area contributed by atoms with Crippen molar-refractivity contribution in [3.8, 4) is 17.0 Å². The van der Waals surface area contributed by atoms with Crippen molar-refractivity contribution in [3.05, 3.63) is 42.2 Å². The second-order valence-corrected chi connectivity index (χ2v) is 4.52. The van der Waals surface area contributed by atoms with Crippen molar-refractivity contribution in [2.45, 2.75) is 13.3 Å². The van der Waals surface area contributed by atoms with Crippen molar-refractivity contribution in [2.75, 3.05) is 0 Å². The van der Waals surface area contributed by atoms with Crippen LogP contribution in [0.4, 0.5) is 13.2 Å². The van der Waals surface area contributed by atoms with Gasteiger partial charge < -0.3 is 4.74 Å². The zero-order valence-corrected chi connectivity index (χ0v) is 10.9. The lowest BCUT2D eigenvalue weighted by molar-refractivity contribution is -0.274. The minimum absolute atomic E-state index is 0.264. The van der Waals surface area contributed by atoms with Crippen LogP contribution in [0.25, 0.3) is 22.2 Å². The summed E-state index contributed by atoms with van der Waals surface area (Å²) < 4.78 is 40.2. The van der Waals surface area contributed by atoms with E-state index >= 15 is 0 Å². The first-order chi connectivity index (χ1) is 9.92. The van der Waals surface area contributed by atoms with E-state index in [-0.39, 0.29) is 5.75 Å². The Morgan fingerprint density at radius 2 is 1.86 bits per heavy atom. The van der Waals surface area contributed by atoms with Crippen LogP contribution in [-0.4, -0.2) is 21.5 Å². The molecule has 0 saturated heterocycles. The van der Waals surface area contributed by atoms with Crippen LogP contribution in [0.1, 0.15) is 5.69 Å². The van der Waals surface area contributed by atoms with E-state index in [2.05, 4.69) is 19.9 Å². The van der Waals surface area contributed by atoms with Crippen LogP contribution in [0.3, 0.4) is 0 Å². The Morgan fingerprint density at radius 3 is 2.52 bits per heavy atom. The lowest BCUT2D eigenvalue weighted by atomic mass is 10.1. The van der Waals surface area contributed by atoms with E-state index in [1.165, 1.54) is 24.3 Å². The molecule has 0 aliphatic heterocycles. The number of aryl methyl sites for hydroxylation is 1. The molecule has 0 bridgehead atoms. The number of nitrogens with one attached hydrogen (secondary N) is 1. The molecular weight excluding hydrogens is 283 g/mol. The van der Waals surface area contributed by atoms with Gasteiger partial charge in [-0.15, -0.1) is 13.2 Å². The maximum atomic E-state index is 12.1. The number of ether oxygens (including phenoxy) is 1. The largest absolute Gasteiger partial charge is 0.573 e. The molecule has 0 amide bonds. The number of fused-ring (bicyclic) bond motifs is 1. The third kappa shape index (κ3) is 2.81. The summed E-state index contributed by atoms with van der Waals surface area (Å²) >= 11 is 0. The molecule has 4 nitrogen and oxygen atoms in total. The van der Waals surface area contributed by atoms with Gasteiger partial charge in [-0.3, -0.25) is 10.1 Å². The second-order valence-electron chi connectivity index (χ2n) is 4.52. The number of aromatic nitrogens is 3. The van der Waals surface area contributed by atoms with Crippen LogP contribution in [0, 0.1) is 6.92 Å². The molecule has 1 N–H and O–H groups in total. The number of hydrogen-bond acceptors (Lipinski definition) is 3. The molecular formula is C14H10F3N3O. The van der Waals surface area contributed by atoms with Gasteiger partial charge in [0.1, 0.15) is 11.4 Å². The average Bonchev–Trinajstić information content (AvgIpc) is 2.80. The van der Waals surface area contributed by atoms with Gasteiger partial charge in [-0.2, -0.15) is 5.10 Å². The van der Waals surface area contributed by atoms with Crippen molar-refractivity contribution in [2.24, 2.45) is 0 Å². The molecule has 7 heteroatoms. The maximum absolute atomic E-state index is 12.1.